The van der Waals surface area contributed by atoms with Gasteiger partial charge in [0.15, 0.2) is 11.5 Å². The summed E-state index contributed by atoms with van der Waals surface area (Å²) in [6, 6.07) is 6.93. The van der Waals surface area contributed by atoms with Crippen LogP contribution in [0.1, 0.15) is 11.3 Å². The Bertz CT molecular complexity index is 1150. The van der Waals surface area contributed by atoms with Crippen LogP contribution in [-0.2, 0) is 6.54 Å². The van der Waals surface area contributed by atoms with Crippen LogP contribution in [0.5, 0.6) is 0 Å². The van der Waals surface area contributed by atoms with E-state index in [2.05, 4.69) is 35.8 Å². The van der Waals surface area contributed by atoms with Gasteiger partial charge in [-0.2, -0.15) is 14.7 Å². The first-order chi connectivity index (χ1) is 14.0. The lowest BCUT2D eigenvalue weighted by atomic mass is 10.2. The van der Waals surface area contributed by atoms with E-state index >= 15 is 0 Å². The molecule has 4 rings (SSSR count). The Hall–Kier alpha value is -4.02. The second-order valence-corrected chi connectivity index (χ2v) is 6.62. The highest BCUT2D eigenvalue weighted by Gasteiger charge is 2.12. The number of carbonyl (C=O) groups is 1. The average molecular weight is 392 g/mol. The molecule has 0 aliphatic rings. The van der Waals surface area contributed by atoms with Crippen LogP contribution in [0.15, 0.2) is 43.1 Å². The van der Waals surface area contributed by atoms with Gasteiger partial charge in [0, 0.05) is 39.0 Å². The van der Waals surface area contributed by atoms with Gasteiger partial charge in [-0.25, -0.2) is 24.4 Å². The van der Waals surface area contributed by atoms with Gasteiger partial charge in [-0.1, -0.05) is 0 Å². The van der Waals surface area contributed by atoms with Crippen molar-refractivity contribution in [2.24, 2.45) is 0 Å². The van der Waals surface area contributed by atoms with E-state index in [9.17, 15) is 4.79 Å². The van der Waals surface area contributed by atoms with Gasteiger partial charge in [-0.15, -0.1) is 0 Å². The fourth-order valence-electron chi connectivity index (χ4n) is 2.82. The summed E-state index contributed by atoms with van der Waals surface area (Å²) < 4.78 is 3.29. The summed E-state index contributed by atoms with van der Waals surface area (Å²) in [6.07, 6.45) is 4.66. The highest BCUT2D eigenvalue weighted by molar-refractivity contribution is 5.89. The van der Waals surface area contributed by atoms with Crippen molar-refractivity contribution >= 4 is 23.3 Å². The average Bonchev–Trinajstić information content (AvgIpc) is 3.35. The molecule has 0 saturated heterocycles. The summed E-state index contributed by atoms with van der Waals surface area (Å²) in [5.74, 6) is 1.88. The van der Waals surface area contributed by atoms with Crippen LogP contribution in [0.25, 0.3) is 11.5 Å². The quantitative estimate of drug-likeness (QED) is 0.527. The fourth-order valence-corrected chi connectivity index (χ4v) is 2.82. The van der Waals surface area contributed by atoms with Gasteiger partial charge >= 0.3 is 6.03 Å². The molecule has 4 aromatic heterocycles. The first-order valence-electron chi connectivity index (χ1n) is 8.89. The molecule has 0 atom stereocenters. The number of carbonyl (C=O) groups excluding carboxylic acids is 1. The molecule has 4 heterocycles. The zero-order valence-electron chi connectivity index (χ0n) is 16.2. The van der Waals surface area contributed by atoms with Crippen molar-refractivity contribution in [2.45, 2.75) is 13.5 Å². The van der Waals surface area contributed by atoms with Crippen molar-refractivity contribution < 1.29 is 4.79 Å². The summed E-state index contributed by atoms with van der Waals surface area (Å²) >= 11 is 0. The maximum absolute atomic E-state index is 12.4. The Kier molecular flexibility index (Phi) is 4.77. The Morgan fingerprint density at radius 3 is 2.86 bits per heavy atom. The summed E-state index contributed by atoms with van der Waals surface area (Å²) in [4.78, 5) is 26.9. The van der Waals surface area contributed by atoms with E-state index in [0.717, 1.165) is 17.1 Å². The Balaban J connectivity index is 1.46. The molecule has 11 nitrogen and oxygen atoms in total. The zero-order chi connectivity index (χ0) is 20.4. The topological polar surface area (TPSA) is 118 Å². The van der Waals surface area contributed by atoms with Crippen molar-refractivity contribution in [1.29, 1.82) is 0 Å². The molecule has 0 radical (unpaired) electrons. The molecule has 0 bridgehead atoms. The highest BCUT2D eigenvalue weighted by atomic mass is 16.2. The lowest BCUT2D eigenvalue weighted by Crippen LogP contribution is -2.29. The van der Waals surface area contributed by atoms with Gasteiger partial charge < -0.3 is 10.2 Å². The van der Waals surface area contributed by atoms with E-state index in [1.54, 1.807) is 27.8 Å². The standard InChI is InChI=1S/C18H20N10O/c1-12-6-16-23-14(8-17(26(2)3)28(16)25-12)24-18(29)21-9-13-4-5-20-15(7-13)27-11-19-10-22-27/h4-8,10-11H,9H2,1-3H3,(H2,21,23,24,29). The van der Waals surface area contributed by atoms with Crippen molar-refractivity contribution in [3.63, 3.8) is 0 Å². The minimum Gasteiger partial charge on any atom is -0.363 e. The van der Waals surface area contributed by atoms with Gasteiger partial charge in [0.1, 0.15) is 24.3 Å². The zero-order valence-corrected chi connectivity index (χ0v) is 16.2. The lowest BCUT2D eigenvalue weighted by Gasteiger charge is -2.15. The maximum Gasteiger partial charge on any atom is 0.320 e. The molecular formula is C18H20N10O. The molecular weight excluding hydrogens is 372 g/mol. The first kappa shape index (κ1) is 18.3. The number of urea groups is 1. The Labute approximate surface area is 166 Å². The number of aromatic nitrogens is 7. The number of pyridine rings is 1. The van der Waals surface area contributed by atoms with Gasteiger partial charge in [-0.3, -0.25) is 5.32 Å². The van der Waals surface area contributed by atoms with Gasteiger partial charge in [0.05, 0.1) is 5.69 Å². The third-order valence-electron chi connectivity index (χ3n) is 4.15. The third kappa shape index (κ3) is 3.98. The largest absolute Gasteiger partial charge is 0.363 e. The molecule has 0 aliphatic heterocycles. The molecule has 4 aromatic rings. The van der Waals surface area contributed by atoms with E-state index in [1.807, 2.05) is 44.1 Å². The first-order valence-corrected chi connectivity index (χ1v) is 8.89. The molecule has 148 valence electrons. The Morgan fingerprint density at radius 2 is 2.10 bits per heavy atom. The van der Waals surface area contributed by atoms with Crippen LogP contribution in [0.4, 0.5) is 16.4 Å². The number of rotatable bonds is 5. The highest BCUT2D eigenvalue weighted by Crippen LogP contribution is 2.19. The van der Waals surface area contributed by atoms with E-state index in [0.29, 0.717) is 23.8 Å². The van der Waals surface area contributed by atoms with E-state index < -0.39 is 0 Å². The SMILES string of the molecule is Cc1cc2nc(NC(=O)NCc3ccnc(-n4cncn4)c3)cc(N(C)C)n2n1. The second-order valence-electron chi connectivity index (χ2n) is 6.62. The van der Waals surface area contributed by atoms with E-state index in [4.69, 9.17) is 0 Å². The van der Waals surface area contributed by atoms with Crippen LogP contribution in [0.3, 0.4) is 0 Å². The lowest BCUT2D eigenvalue weighted by molar-refractivity contribution is 0.251. The number of nitrogens with one attached hydrogen (secondary N) is 2. The second kappa shape index (κ2) is 7.54. The molecule has 0 unspecified atom stereocenters. The normalized spacial score (nSPS) is 10.9. The number of hydrogen-bond donors (Lipinski definition) is 2. The molecule has 0 spiro atoms. The summed E-state index contributed by atoms with van der Waals surface area (Å²) in [5, 5.41) is 14.1. The third-order valence-corrected chi connectivity index (χ3v) is 4.15. The number of nitrogens with zero attached hydrogens (tertiary/aromatic N) is 8. The number of hydrogen-bond acceptors (Lipinski definition) is 7. The number of aryl methyl sites for hydroxylation is 1. The van der Waals surface area contributed by atoms with Gasteiger partial charge in [0.25, 0.3) is 0 Å². The number of anilines is 2. The van der Waals surface area contributed by atoms with Crippen molar-refractivity contribution in [3.8, 4) is 5.82 Å². The predicted molar refractivity (Wildman–Crippen MR) is 107 cm³/mol. The fraction of sp³-hybridized carbons (Fsp3) is 0.222. The van der Waals surface area contributed by atoms with E-state index in [1.165, 1.54) is 6.33 Å². The molecule has 0 aliphatic carbocycles. The number of fused-ring (bicyclic) bond motifs is 1. The summed E-state index contributed by atoms with van der Waals surface area (Å²) in [5.41, 5.74) is 2.39. The van der Waals surface area contributed by atoms with Crippen LogP contribution in [0, 0.1) is 6.92 Å². The van der Waals surface area contributed by atoms with Gasteiger partial charge in [-0.05, 0) is 24.6 Å². The van der Waals surface area contributed by atoms with Crippen LogP contribution < -0.4 is 15.5 Å². The summed E-state index contributed by atoms with van der Waals surface area (Å²) in [7, 11) is 3.82. The molecule has 0 aromatic carbocycles. The molecule has 2 N–H and O–H groups in total. The molecule has 11 heteroatoms. The predicted octanol–water partition coefficient (Wildman–Crippen LogP) is 1.40. The molecule has 2 amide bonds. The van der Waals surface area contributed by atoms with Gasteiger partial charge in [0.2, 0.25) is 0 Å². The van der Waals surface area contributed by atoms with Crippen molar-refractivity contribution in [1.82, 2.24) is 39.7 Å². The maximum atomic E-state index is 12.4. The van der Waals surface area contributed by atoms with Crippen molar-refractivity contribution in [3.05, 3.63) is 54.4 Å². The minimum atomic E-state index is -0.359. The van der Waals surface area contributed by atoms with E-state index in [-0.39, 0.29) is 6.03 Å². The van der Waals surface area contributed by atoms with Crippen LogP contribution >= 0.6 is 0 Å². The van der Waals surface area contributed by atoms with Crippen molar-refractivity contribution in [2.75, 3.05) is 24.3 Å². The monoisotopic (exact) mass is 392 g/mol. The minimum absolute atomic E-state index is 0.324. The number of amides is 2. The Morgan fingerprint density at radius 1 is 1.24 bits per heavy atom. The summed E-state index contributed by atoms with van der Waals surface area (Å²) in [6.45, 7) is 2.22. The smallest absolute Gasteiger partial charge is 0.320 e. The molecule has 0 fully saturated rings. The van der Waals surface area contributed by atoms with Crippen LogP contribution in [-0.4, -0.2) is 54.5 Å². The molecule has 0 saturated carbocycles. The van der Waals surface area contributed by atoms with Crippen LogP contribution in [0.2, 0.25) is 0 Å². The molecule has 29 heavy (non-hydrogen) atoms.